The van der Waals surface area contributed by atoms with Gasteiger partial charge in [-0.15, -0.1) is 5.11 Å². The summed E-state index contributed by atoms with van der Waals surface area (Å²) >= 11 is 0. The van der Waals surface area contributed by atoms with Crippen molar-refractivity contribution in [2.75, 3.05) is 6.54 Å². The molecule has 0 heterocycles. The fourth-order valence-corrected chi connectivity index (χ4v) is 3.39. The Balaban J connectivity index is 1.71. The van der Waals surface area contributed by atoms with Crippen LogP contribution in [0.2, 0.25) is 0 Å². The van der Waals surface area contributed by atoms with E-state index in [1.807, 2.05) is 30.3 Å². The second-order valence-electron chi connectivity index (χ2n) is 7.75. The van der Waals surface area contributed by atoms with Crippen molar-refractivity contribution >= 4 is 5.69 Å². The first kappa shape index (κ1) is 23.7. The molecule has 0 unspecified atom stereocenters. The van der Waals surface area contributed by atoms with Gasteiger partial charge in [-0.05, 0) is 18.6 Å². The van der Waals surface area contributed by atoms with Crippen LogP contribution in [-0.2, 0) is 0 Å². The lowest BCUT2D eigenvalue weighted by Crippen LogP contribution is -2.05. The van der Waals surface area contributed by atoms with Gasteiger partial charge in [0.25, 0.3) is 0 Å². The maximum atomic E-state index is 4.13. The largest absolute Gasteiger partial charge is 0.291 e. The van der Waals surface area contributed by atoms with Gasteiger partial charge < -0.3 is 0 Å². The van der Waals surface area contributed by atoms with Gasteiger partial charge in [0.05, 0.1) is 5.69 Å². The lowest BCUT2D eigenvalue weighted by Gasteiger charge is -2.03. The average Bonchev–Trinajstić information content (AvgIpc) is 2.70. The molecule has 0 aromatic heterocycles. The highest BCUT2D eigenvalue weighted by molar-refractivity contribution is 5.34. The van der Waals surface area contributed by atoms with Crippen molar-refractivity contribution in [1.82, 2.24) is 5.43 Å². The number of rotatable bonds is 19. The molecule has 1 rings (SSSR count). The zero-order valence-electron chi connectivity index (χ0n) is 17.8. The topological polar surface area (TPSA) is 36.8 Å². The Morgan fingerprint density at radius 3 is 1.52 bits per heavy atom. The molecule has 0 radical (unpaired) electrons. The Morgan fingerprint density at radius 2 is 1.04 bits per heavy atom. The number of nitrogens with one attached hydrogen (secondary N) is 1. The van der Waals surface area contributed by atoms with E-state index in [9.17, 15) is 0 Å². The minimum absolute atomic E-state index is 0.900. The molecule has 3 heteroatoms. The van der Waals surface area contributed by atoms with Crippen molar-refractivity contribution in [3.8, 4) is 0 Å². The Bertz CT molecular complexity index is 431. The molecule has 1 aromatic rings. The maximum Gasteiger partial charge on any atom is 0.0874 e. The number of unbranched alkanes of at least 4 members (excludes halogenated alkanes) is 15. The third-order valence-electron chi connectivity index (χ3n) is 5.13. The quantitative estimate of drug-likeness (QED) is 0.147. The van der Waals surface area contributed by atoms with Crippen LogP contribution in [0.15, 0.2) is 40.7 Å². The van der Waals surface area contributed by atoms with E-state index >= 15 is 0 Å². The van der Waals surface area contributed by atoms with Crippen LogP contribution in [0.25, 0.3) is 0 Å². The summed E-state index contributed by atoms with van der Waals surface area (Å²) in [7, 11) is 0. The van der Waals surface area contributed by atoms with Crippen molar-refractivity contribution in [3.05, 3.63) is 30.3 Å². The van der Waals surface area contributed by atoms with E-state index in [1.165, 1.54) is 103 Å². The molecule has 3 nitrogen and oxygen atoms in total. The third-order valence-corrected chi connectivity index (χ3v) is 5.13. The van der Waals surface area contributed by atoms with E-state index in [2.05, 4.69) is 22.7 Å². The highest BCUT2D eigenvalue weighted by Crippen LogP contribution is 2.13. The van der Waals surface area contributed by atoms with Crippen LogP contribution < -0.4 is 5.43 Å². The van der Waals surface area contributed by atoms with Crippen LogP contribution in [0.5, 0.6) is 0 Å². The van der Waals surface area contributed by atoms with Gasteiger partial charge in [0.2, 0.25) is 0 Å². The van der Waals surface area contributed by atoms with Crippen LogP contribution >= 0.6 is 0 Å². The summed E-state index contributed by atoms with van der Waals surface area (Å²) < 4.78 is 0. The summed E-state index contributed by atoms with van der Waals surface area (Å²) in [6, 6.07) is 9.86. The normalized spacial score (nSPS) is 11.3. The standard InChI is InChI=1S/C24H43N3/c1-2-3-4-5-6-7-8-9-10-11-12-13-14-15-16-20-23-25-27-26-24-21-18-17-19-22-24/h17-19,21-22H,2-16,20,23H2,1H3,(H,25,26). The molecule has 1 aromatic carbocycles. The predicted octanol–water partition coefficient (Wildman–Crippen LogP) is 8.54. The van der Waals surface area contributed by atoms with Crippen LogP contribution in [0.4, 0.5) is 5.69 Å². The lowest BCUT2D eigenvalue weighted by atomic mass is 10.0. The van der Waals surface area contributed by atoms with Gasteiger partial charge in [0.15, 0.2) is 0 Å². The molecule has 0 saturated heterocycles. The maximum absolute atomic E-state index is 4.13. The van der Waals surface area contributed by atoms with Crippen molar-refractivity contribution < 1.29 is 0 Å². The highest BCUT2D eigenvalue weighted by atomic mass is 15.4. The Kier molecular flexibility index (Phi) is 17.0. The third kappa shape index (κ3) is 16.5. The summed E-state index contributed by atoms with van der Waals surface area (Å²) in [4.78, 5) is 0. The zero-order valence-corrected chi connectivity index (χ0v) is 17.8. The fourth-order valence-electron chi connectivity index (χ4n) is 3.39. The molecule has 1 N–H and O–H groups in total. The van der Waals surface area contributed by atoms with Gasteiger partial charge in [-0.3, -0.25) is 5.43 Å². The first-order valence-corrected chi connectivity index (χ1v) is 11.6. The van der Waals surface area contributed by atoms with E-state index in [-0.39, 0.29) is 0 Å². The minimum atomic E-state index is 0.900. The Morgan fingerprint density at radius 1 is 0.593 bits per heavy atom. The molecule has 154 valence electrons. The second-order valence-corrected chi connectivity index (χ2v) is 7.75. The zero-order chi connectivity index (χ0) is 19.3. The number of nitrogens with zero attached hydrogens (tertiary/aromatic N) is 2. The van der Waals surface area contributed by atoms with Crippen molar-refractivity contribution in [3.63, 3.8) is 0 Å². The molecule has 0 spiro atoms. The molecule has 0 fully saturated rings. The van der Waals surface area contributed by atoms with Gasteiger partial charge >= 0.3 is 0 Å². The fraction of sp³-hybridized carbons (Fsp3) is 0.750. The van der Waals surface area contributed by atoms with Crippen LogP contribution in [0.1, 0.15) is 110 Å². The van der Waals surface area contributed by atoms with Gasteiger partial charge in [-0.1, -0.05) is 127 Å². The van der Waals surface area contributed by atoms with E-state index in [4.69, 9.17) is 0 Å². The van der Waals surface area contributed by atoms with E-state index in [0.717, 1.165) is 12.2 Å². The summed E-state index contributed by atoms with van der Waals surface area (Å²) in [6.45, 7) is 3.22. The van der Waals surface area contributed by atoms with Crippen LogP contribution in [-0.4, -0.2) is 6.54 Å². The number of benzene rings is 1. The van der Waals surface area contributed by atoms with Gasteiger partial charge in [0, 0.05) is 6.54 Å². The molecule has 0 aliphatic heterocycles. The first-order chi connectivity index (χ1) is 13.4. The second kappa shape index (κ2) is 19.4. The minimum Gasteiger partial charge on any atom is -0.291 e. The monoisotopic (exact) mass is 373 g/mol. The van der Waals surface area contributed by atoms with Gasteiger partial charge in [-0.25, -0.2) is 0 Å². The van der Waals surface area contributed by atoms with E-state index in [0.29, 0.717) is 0 Å². The van der Waals surface area contributed by atoms with Crippen molar-refractivity contribution in [1.29, 1.82) is 0 Å². The summed E-state index contributed by atoms with van der Waals surface area (Å²) in [5.41, 5.74) is 3.94. The predicted molar refractivity (Wildman–Crippen MR) is 119 cm³/mol. The Hall–Kier alpha value is -1.38. The molecule has 0 aliphatic carbocycles. The van der Waals surface area contributed by atoms with Crippen LogP contribution in [0.3, 0.4) is 0 Å². The van der Waals surface area contributed by atoms with Gasteiger partial charge in [-0.2, -0.15) is 0 Å². The first-order valence-electron chi connectivity index (χ1n) is 11.6. The average molecular weight is 374 g/mol. The SMILES string of the molecule is CCCCCCCCCCCCCCCCCCN/N=N/c1ccccc1. The van der Waals surface area contributed by atoms with Gasteiger partial charge in [0.1, 0.15) is 0 Å². The van der Waals surface area contributed by atoms with Crippen LogP contribution in [0, 0.1) is 0 Å². The van der Waals surface area contributed by atoms with Crippen molar-refractivity contribution in [2.24, 2.45) is 10.3 Å². The summed E-state index contributed by atoms with van der Waals surface area (Å²) in [5.74, 6) is 0. The molecule has 0 saturated carbocycles. The molecule has 0 amide bonds. The lowest BCUT2D eigenvalue weighted by molar-refractivity contribution is 0.525. The number of hydrogen-bond donors (Lipinski definition) is 1. The molecular formula is C24H43N3. The highest BCUT2D eigenvalue weighted by Gasteiger charge is 1.94. The molecule has 0 atom stereocenters. The summed E-state index contributed by atoms with van der Waals surface area (Å²) in [6.07, 6.45) is 22.5. The van der Waals surface area contributed by atoms with Crippen molar-refractivity contribution in [2.45, 2.75) is 110 Å². The Labute approximate surface area is 168 Å². The van der Waals surface area contributed by atoms with E-state index in [1.54, 1.807) is 0 Å². The number of hydrogen-bond acceptors (Lipinski definition) is 2. The molecule has 27 heavy (non-hydrogen) atoms. The summed E-state index contributed by atoms with van der Waals surface area (Å²) in [5, 5.41) is 8.15. The molecule has 0 aliphatic rings. The van der Waals surface area contributed by atoms with E-state index < -0.39 is 0 Å². The molecule has 0 bridgehead atoms. The smallest absolute Gasteiger partial charge is 0.0874 e. The molecular weight excluding hydrogens is 330 g/mol.